The molecule has 0 aromatic heterocycles. The lowest BCUT2D eigenvalue weighted by molar-refractivity contribution is 0.325. The van der Waals surface area contributed by atoms with E-state index in [0.717, 1.165) is 13.1 Å². The molecule has 0 saturated heterocycles. The number of rotatable bonds is 7. The van der Waals surface area contributed by atoms with Gasteiger partial charge in [-0.1, -0.05) is 50.6 Å². The average Bonchev–Trinajstić information content (AvgIpc) is 2.27. The van der Waals surface area contributed by atoms with Gasteiger partial charge in [-0.05, 0) is 50.3 Å². The van der Waals surface area contributed by atoms with Crippen LogP contribution in [0.15, 0.2) is 24.3 Å². The molecule has 1 aromatic carbocycles. The van der Waals surface area contributed by atoms with Crippen molar-refractivity contribution >= 4 is 0 Å². The highest BCUT2D eigenvalue weighted by molar-refractivity contribution is 5.22. The summed E-state index contributed by atoms with van der Waals surface area (Å²) in [5.74, 6) is 0. The van der Waals surface area contributed by atoms with E-state index in [1.165, 1.54) is 30.4 Å². The van der Waals surface area contributed by atoms with Crippen LogP contribution in [0.5, 0.6) is 0 Å². The van der Waals surface area contributed by atoms with Crippen molar-refractivity contribution in [3.63, 3.8) is 0 Å². The minimum absolute atomic E-state index is 0.385. The van der Waals surface area contributed by atoms with Gasteiger partial charge in [0.25, 0.3) is 0 Å². The van der Waals surface area contributed by atoms with E-state index in [-0.39, 0.29) is 0 Å². The smallest absolute Gasteiger partial charge is 0.00437 e. The molecule has 0 aliphatic rings. The van der Waals surface area contributed by atoms with E-state index in [2.05, 4.69) is 57.3 Å². The second kappa shape index (κ2) is 6.80. The van der Waals surface area contributed by atoms with Crippen molar-refractivity contribution < 1.29 is 0 Å². The Kier molecular flexibility index (Phi) is 5.70. The van der Waals surface area contributed by atoms with Crippen LogP contribution in [0.2, 0.25) is 0 Å². The highest BCUT2D eigenvalue weighted by Gasteiger charge is 2.17. The highest BCUT2D eigenvalue weighted by Crippen LogP contribution is 2.25. The Morgan fingerprint density at radius 2 is 1.71 bits per heavy atom. The van der Waals surface area contributed by atoms with Crippen molar-refractivity contribution in [2.75, 3.05) is 13.1 Å². The molecular weight excluding hydrogens is 206 g/mol. The summed E-state index contributed by atoms with van der Waals surface area (Å²) in [5.41, 5.74) is 3.18. The molecule has 96 valence electrons. The van der Waals surface area contributed by atoms with Crippen molar-refractivity contribution in [3.8, 4) is 0 Å². The van der Waals surface area contributed by atoms with E-state index < -0.39 is 0 Å². The lowest BCUT2D eigenvalue weighted by Crippen LogP contribution is -2.24. The third-order valence-corrected chi connectivity index (χ3v) is 3.21. The maximum absolute atomic E-state index is 3.49. The fourth-order valence-electron chi connectivity index (χ4n) is 2.08. The normalized spacial score (nSPS) is 11.8. The third kappa shape index (κ3) is 5.88. The zero-order valence-corrected chi connectivity index (χ0v) is 11.8. The molecule has 1 rings (SSSR count). The summed E-state index contributed by atoms with van der Waals surface area (Å²) in [4.78, 5) is 0. The average molecular weight is 233 g/mol. The molecule has 1 aromatic rings. The Labute approximate surface area is 107 Å². The van der Waals surface area contributed by atoms with Gasteiger partial charge in [0.1, 0.15) is 0 Å². The highest BCUT2D eigenvalue weighted by atomic mass is 14.8. The maximum Gasteiger partial charge on any atom is -0.00437 e. The van der Waals surface area contributed by atoms with Crippen LogP contribution >= 0.6 is 0 Å². The molecule has 1 heteroatoms. The number of hydrogen-bond acceptors (Lipinski definition) is 1. The summed E-state index contributed by atoms with van der Waals surface area (Å²) in [5, 5.41) is 3.49. The molecule has 0 amide bonds. The van der Waals surface area contributed by atoms with Crippen molar-refractivity contribution in [1.29, 1.82) is 0 Å². The van der Waals surface area contributed by atoms with Gasteiger partial charge in [-0.3, -0.25) is 0 Å². The monoisotopic (exact) mass is 233 g/mol. The molecule has 0 saturated carbocycles. The minimum atomic E-state index is 0.385. The standard InChI is InChI=1S/C16H27N/c1-5-11-17-12-10-16(3,4)13-15-8-6-14(2)7-9-15/h6-9,17H,5,10-13H2,1-4H3. The van der Waals surface area contributed by atoms with Crippen LogP contribution in [0.3, 0.4) is 0 Å². The van der Waals surface area contributed by atoms with Crippen molar-refractivity contribution in [1.82, 2.24) is 5.32 Å². The van der Waals surface area contributed by atoms with Crippen LogP contribution in [0.25, 0.3) is 0 Å². The summed E-state index contributed by atoms with van der Waals surface area (Å²) in [6, 6.07) is 8.94. The zero-order chi connectivity index (χ0) is 12.7. The lowest BCUT2D eigenvalue weighted by Gasteiger charge is -2.25. The number of benzene rings is 1. The fraction of sp³-hybridized carbons (Fsp3) is 0.625. The van der Waals surface area contributed by atoms with E-state index in [4.69, 9.17) is 0 Å². The molecule has 1 nitrogen and oxygen atoms in total. The summed E-state index contributed by atoms with van der Waals surface area (Å²) in [7, 11) is 0. The molecule has 0 fully saturated rings. The summed E-state index contributed by atoms with van der Waals surface area (Å²) >= 11 is 0. The SMILES string of the molecule is CCCNCCC(C)(C)Cc1ccc(C)cc1. The summed E-state index contributed by atoms with van der Waals surface area (Å²) < 4.78 is 0. The first-order valence-electron chi connectivity index (χ1n) is 6.80. The van der Waals surface area contributed by atoms with Gasteiger partial charge in [-0.15, -0.1) is 0 Å². The van der Waals surface area contributed by atoms with Crippen LogP contribution < -0.4 is 5.32 Å². The van der Waals surface area contributed by atoms with Crippen molar-refractivity contribution in [2.45, 2.75) is 47.0 Å². The Hall–Kier alpha value is -0.820. The molecule has 1 N–H and O–H groups in total. The molecule has 0 atom stereocenters. The molecule has 0 radical (unpaired) electrons. The third-order valence-electron chi connectivity index (χ3n) is 3.21. The molecule has 0 heterocycles. The van der Waals surface area contributed by atoms with Crippen LogP contribution in [0.1, 0.15) is 44.7 Å². The molecule has 0 aliphatic carbocycles. The Balaban J connectivity index is 2.40. The first-order chi connectivity index (χ1) is 8.03. The molecule has 0 bridgehead atoms. The van der Waals surface area contributed by atoms with Crippen LogP contribution in [0, 0.1) is 12.3 Å². The van der Waals surface area contributed by atoms with E-state index in [1.807, 2.05) is 0 Å². The number of aryl methyl sites for hydroxylation is 1. The fourth-order valence-corrected chi connectivity index (χ4v) is 2.08. The first-order valence-corrected chi connectivity index (χ1v) is 6.80. The van der Waals surface area contributed by atoms with Crippen molar-refractivity contribution in [2.24, 2.45) is 5.41 Å². The van der Waals surface area contributed by atoms with E-state index in [9.17, 15) is 0 Å². The Morgan fingerprint density at radius 1 is 1.06 bits per heavy atom. The maximum atomic E-state index is 3.49. The molecule has 0 spiro atoms. The first kappa shape index (κ1) is 14.2. The minimum Gasteiger partial charge on any atom is -0.317 e. The summed E-state index contributed by atoms with van der Waals surface area (Å²) in [6.45, 7) is 11.3. The summed E-state index contributed by atoms with van der Waals surface area (Å²) in [6.07, 6.45) is 3.63. The van der Waals surface area contributed by atoms with E-state index in [0.29, 0.717) is 5.41 Å². The molecule has 0 unspecified atom stereocenters. The number of hydrogen-bond donors (Lipinski definition) is 1. The van der Waals surface area contributed by atoms with Crippen molar-refractivity contribution in [3.05, 3.63) is 35.4 Å². The topological polar surface area (TPSA) is 12.0 Å². The van der Waals surface area contributed by atoms with Gasteiger partial charge in [-0.25, -0.2) is 0 Å². The van der Waals surface area contributed by atoms with Gasteiger partial charge in [0.2, 0.25) is 0 Å². The molecule has 0 aliphatic heterocycles. The second-order valence-corrected chi connectivity index (χ2v) is 5.83. The van der Waals surface area contributed by atoms with Gasteiger partial charge in [0, 0.05) is 0 Å². The predicted octanol–water partition coefficient (Wildman–Crippen LogP) is 3.95. The van der Waals surface area contributed by atoms with E-state index >= 15 is 0 Å². The quantitative estimate of drug-likeness (QED) is 0.703. The van der Waals surface area contributed by atoms with Gasteiger partial charge in [-0.2, -0.15) is 0 Å². The van der Waals surface area contributed by atoms with E-state index in [1.54, 1.807) is 0 Å². The second-order valence-electron chi connectivity index (χ2n) is 5.83. The van der Waals surface area contributed by atoms with Gasteiger partial charge >= 0.3 is 0 Å². The lowest BCUT2D eigenvalue weighted by atomic mass is 9.82. The zero-order valence-electron chi connectivity index (χ0n) is 11.8. The molecular formula is C16H27N. The van der Waals surface area contributed by atoms with Gasteiger partial charge in [0.05, 0.1) is 0 Å². The van der Waals surface area contributed by atoms with Gasteiger partial charge in [0.15, 0.2) is 0 Å². The Bertz CT molecular complexity index is 311. The van der Waals surface area contributed by atoms with Crippen LogP contribution in [0.4, 0.5) is 0 Å². The van der Waals surface area contributed by atoms with Crippen LogP contribution in [-0.4, -0.2) is 13.1 Å². The van der Waals surface area contributed by atoms with Crippen LogP contribution in [-0.2, 0) is 6.42 Å². The Morgan fingerprint density at radius 3 is 2.29 bits per heavy atom. The van der Waals surface area contributed by atoms with Gasteiger partial charge < -0.3 is 5.32 Å². The predicted molar refractivity (Wildman–Crippen MR) is 76.4 cm³/mol. The largest absolute Gasteiger partial charge is 0.317 e. The molecule has 17 heavy (non-hydrogen) atoms. The number of nitrogens with one attached hydrogen (secondary N) is 1.